The average molecular weight is 375 g/mol. The smallest absolute Gasteiger partial charge is 0.293 e. The number of carbonyl (C=O) groups excluding carboxylic acids is 2. The predicted molar refractivity (Wildman–Crippen MR) is 104 cm³/mol. The predicted octanol–water partition coefficient (Wildman–Crippen LogP) is 4.63. The van der Waals surface area contributed by atoms with Gasteiger partial charge in [-0.2, -0.15) is 0 Å². The number of thioether (sulfide) groups is 1. The van der Waals surface area contributed by atoms with E-state index in [2.05, 4.69) is 0 Å². The minimum atomic E-state index is -0.193. The van der Waals surface area contributed by atoms with Gasteiger partial charge >= 0.3 is 0 Å². The maximum atomic E-state index is 12.8. The Kier molecular flexibility index (Phi) is 5.91. The van der Waals surface area contributed by atoms with Crippen LogP contribution in [-0.4, -0.2) is 36.8 Å². The van der Waals surface area contributed by atoms with Gasteiger partial charge in [-0.25, -0.2) is 0 Å². The molecule has 6 heteroatoms. The van der Waals surface area contributed by atoms with Crippen molar-refractivity contribution in [3.05, 3.63) is 28.2 Å². The molecule has 1 saturated carbocycles. The molecule has 2 fully saturated rings. The average Bonchev–Trinajstić information content (AvgIpc) is 2.90. The molecule has 0 N–H and O–H groups in total. The van der Waals surface area contributed by atoms with Gasteiger partial charge in [0.2, 0.25) is 0 Å². The molecule has 1 heterocycles. The van der Waals surface area contributed by atoms with Gasteiger partial charge in [0.1, 0.15) is 11.5 Å². The van der Waals surface area contributed by atoms with Crippen molar-refractivity contribution in [3.63, 3.8) is 0 Å². The molecule has 1 aromatic carbocycles. The van der Waals surface area contributed by atoms with Crippen LogP contribution in [0.15, 0.2) is 17.0 Å². The van der Waals surface area contributed by atoms with E-state index in [-0.39, 0.29) is 11.1 Å². The number of ether oxygens (including phenoxy) is 2. The Hall–Kier alpha value is -1.95. The van der Waals surface area contributed by atoms with Crippen LogP contribution in [0.1, 0.15) is 43.2 Å². The first kappa shape index (κ1) is 18.8. The molecule has 5 nitrogen and oxygen atoms in total. The fourth-order valence-electron chi connectivity index (χ4n) is 3.73. The van der Waals surface area contributed by atoms with Crippen LogP contribution in [-0.2, 0) is 4.79 Å². The summed E-state index contributed by atoms with van der Waals surface area (Å²) in [5.41, 5.74) is 1.64. The number of hydrogen-bond donors (Lipinski definition) is 0. The van der Waals surface area contributed by atoms with E-state index < -0.39 is 0 Å². The van der Waals surface area contributed by atoms with Gasteiger partial charge in [0.15, 0.2) is 0 Å². The molecule has 1 aromatic rings. The Labute approximate surface area is 158 Å². The van der Waals surface area contributed by atoms with Gasteiger partial charge in [0.05, 0.1) is 19.1 Å². The lowest BCUT2D eigenvalue weighted by molar-refractivity contribution is -0.123. The molecule has 0 unspecified atom stereocenters. The highest BCUT2D eigenvalue weighted by Gasteiger charge is 2.36. The number of amides is 2. The lowest BCUT2D eigenvalue weighted by Gasteiger charge is -2.25. The second-order valence-corrected chi connectivity index (χ2v) is 7.80. The molecule has 2 aliphatic rings. The SMILES string of the molecule is COc1ccc(/C=C2/SC(=O)N(CC3CCCCC3)C2=O)c(OC)c1C. The van der Waals surface area contributed by atoms with Gasteiger partial charge in [0.25, 0.3) is 11.1 Å². The number of hydrogen-bond acceptors (Lipinski definition) is 5. The summed E-state index contributed by atoms with van der Waals surface area (Å²) in [5.74, 6) is 1.63. The van der Waals surface area contributed by atoms with E-state index in [1.807, 2.05) is 19.1 Å². The van der Waals surface area contributed by atoms with E-state index in [0.717, 1.165) is 41.5 Å². The van der Waals surface area contributed by atoms with Crippen LogP contribution in [0.2, 0.25) is 0 Å². The Balaban J connectivity index is 1.82. The molecule has 26 heavy (non-hydrogen) atoms. The monoisotopic (exact) mass is 375 g/mol. The fourth-order valence-corrected chi connectivity index (χ4v) is 4.57. The van der Waals surface area contributed by atoms with Gasteiger partial charge in [0, 0.05) is 17.7 Å². The van der Waals surface area contributed by atoms with Crippen LogP contribution in [0.3, 0.4) is 0 Å². The molecular weight excluding hydrogens is 350 g/mol. The Morgan fingerprint density at radius 2 is 1.88 bits per heavy atom. The highest BCUT2D eigenvalue weighted by molar-refractivity contribution is 8.18. The number of methoxy groups -OCH3 is 2. The number of rotatable bonds is 5. The second kappa shape index (κ2) is 8.16. The maximum absolute atomic E-state index is 12.8. The first-order chi connectivity index (χ1) is 12.5. The summed E-state index contributed by atoms with van der Waals surface area (Å²) in [6.07, 6.45) is 7.60. The van der Waals surface area contributed by atoms with Gasteiger partial charge < -0.3 is 9.47 Å². The number of carbonyl (C=O) groups is 2. The molecule has 140 valence electrons. The normalized spacial score (nSPS) is 20.1. The summed E-state index contributed by atoms with van der Waals surface area (Å²) in [6.45, 7) is 2.45. The highest BCUT2D eigenvalue weighted by atomic mass is 32.2. The third kappa shape index (κ3) is 3.75. The largest absolute Gasteiger partial charge is 0.496 e. The lowest BCUT2D eigenvalue weighted by Crippen LogP contribution is -2.34. The second-order valence-electron chi connectivity index (χ2n) is 6.81. The first-order valence-electron chi connectivity index (χ1n) is 9.02. The van der Waals surface area contributed by atoms with Crippen LogP contribution in [0.5, 0.6) is 11.5 Å². The quantitative estimate of drug-likeness (QED) is 0.703. The minimum Gasteiger partial charge on any atom is -0.496 e. The molecule has 0 radical (unpaired) electrons. The molecule has 3 rings (SSSR count). The fraction of sp³-hybridized carbons (Fsp3) is 0.500. The summed E-state index contributed by atoms with van der Waals surface area (Å²) in [7, 11) is 3.20. The van der Waals surface area contributed by atoms with Crippen LogP contribution < -0.4 is 9.47 Å². The summed E-state index contributed by atoms with van der Waals surface area (Å²) < 4.78 is 10.8. The number of imide groups is 1. The summed E-state index contributed by atoms with van der Waals surface area (Å²) in [5, 5.41) is -0.170. The van der Waals surface area contributed by atoms with Crippen LogP contribution >= 0.6 is 11.8 Å². The Morgan fingerprint density at radius 1 is 1.15 bits per heavy atom. The van der Waals surface area contributed by atoms with Gasteiger partial charge in [-0.05, 0) is 55.7 Å². The van der Waals surface area contributed by atoms with E-state index in [4.69, 9.17) is 9.47 Å². The number of benzene rings is 1. The van der Waals surface area contributed by atoms with E-state index in [1.165, 1.54) is 24.2 Å². The van der Waals surface area contributed by atoms with Crippen molar-refractivity contribution in [1.82, 2.24) is 4.90 Å². The van der Waals surface area contributed by atoms with E-state index in [0.29, 0.717) is 23.1 Å². The van der Waals surface area contributed by atoms with Crippen LogP contribution in [0.25, 0.3) is 6.08 Å². The molecule has 0 spiro atoms. The molecule has 2 amide bonds. The first-order valence-corrected chi connectivity index (χ1v) is 9.83. The van der Waals surface area contributed by atoms with Gasteiger partial charge in [-0.1, -0.05) is 19.3 Å². The molecule has 1 saturated heterocycles. The summed E-state index contributed by atoms with van der Waals surface area (Å²) in [6, 6.07) is 3.69. The van der Waals surface area contributed by atoms with Crippen molar-refractivity contribution in [2.45, 2.75) is 39.0 Å². The van der Waals surface area contributed by atoms with E-state index in [9.17, 15) is 9.59 Å². The third-order valence-electron chi connectivity index (χ3n) is 5.14. The molecular formula is C20H25NO4S. The van der Waals surface area contributed by atoms with Crippen molar-refractivity contribution < 1.29 is 19.1 Å². The van der Waals surface area contributed by atoms with E-state index >= 15 is 0 Å². The molecule has 1 aliphatic heterocycles. The lowest BCUT2D eigenvalue weighted by atomic mass is 9.89. The zero-order valence-corrected chi connectivity index (χ0v) is 16.4. The summed E-state index contributed by atoms with van der Waals surface area (Å²) >= 11 is 1.01. The highest BCUT2D eigenvalue weighted by Crippen LogP contribution is 2.38. The zero-order valence-electron chi connectivity index (χ0n) is 15.5. The van der Waals surface area contributed by atoms with E-state index in [1.54, 1.807) is 20.3 Å². The van der Waals surface area contributed by atoms with Gasteiger partial charge in [-0.15, -0.1) is 0 Å². The van der Waals surface area contributed by atoms with Crippen molar-refractivity contribution in [3.8, 4) is 11.5 Å². The Morgan fingerprint density at radius 3 is 2.54 bits per heavy atom. The van der Waals surface area contributed by atoms with Crippen molar-refractivity contribution >= 4 is 29.0 Å². The maximum Gasteiger partial charge on any atom is 0.293 e. The summed E-state index contributed by atoms with van der Waals surface area (Å²) in [4.78, 5) is 27.0. The van der Waals surface area contributed by atoms with Crippen molar-refractivity contribution in [2.75, 3.05) is 20.8 Å². The molecule has 1 aliphatic carbocycles. The molecule has 0 atom stereocenters. The van der Waals surface area contributed by atoms with Crippen molar-refractivity contribution in [2.24, 2.45) is 5.92 Å². The van der Waals surface area contributed by atoms with Crippen molar-refractivity contribution in [1.29, 1.82) is 0 Å². The number of nitrogens with zero attached hydrogens (tertiary/aromatic N) is 1. The van der Waals surface area contributed by atoms with Crippen LogP contribution in [0, 0.1) is 12.8 Å². The molecule has 0 aromatic heterocycles. The standard InChI is InChI=1S/C20H25NO4S/c1-13-16(24-2)10-9-15(18(13)25-3)11-17-19(22)21(20(23)26-17)12-14-7-5-4-6-8-14/h9-11,14H,4-8,12H2,1-3H3/b17-11+. The Bertz CT molecular complexity index is 738. The zero-order chi connectivity index (χ0) is 18.7. The third-order valence-corrected chi connectivity index (χ3v) is 6.04. The van der Waals surface area contributed by atoms with Crippen LogP contribution in [0.4, 0.5) is 4.79 Å². The van der Waals surface area contributed by atoms with Gasteiger partial charge in [-0.3, -0.25) is 14.5 Å². The topological polar surface area (TPSA) is 55.8 Å². The molecule has 0 bridgehead atoms. The minimum absolute atomic E-state index is 0.170.